The molecule has 4 nitrogen and oxygen atoms in total. The lowest BCUT2D eigenvalue weighted by Crippen LogP contribution is -2.06. The van der Waals surface area contributed by atoms with Crippen molar-refractivity contribution in [1.82, 2.24) is 14.3 Å². The average molecular weight is 240 g/mol. The van der Waals surface area contributed by atoms with Crippen molar-refractivity contribution in [3.05, 3.63) is 48.4 Å². The van der Waals surface area contributed by atoms with E-state index in [1.54, 1.807) is 6.20 Å². The molecule has 0 radical (unpaired) electrons. The smallest absolute Gasteiger partial charge is 0.0719 e. The number of nitrogen functional groups attached to an aromatic ring is 1. The number of anilines is 1. The number of hydrogen-bond acceptors (Lipinski definition) is 2. The van der Waals surface area contributed by atoms with E-state index in [1.165, 1.54) is 16.5 Å². The first kappa shape index (κ1) is 10.9. The summed E-state index contributed by atoms with van der Waals surface area (Å²) in [5, 5.41) is 5.47. The standard InChI is InChI=1S/C14H16N4/c1-11-2-3-14-12(8-11)4-5-17(14)6-7-18-10-13(15)9-16-18/h2-5,8-10H,6-7,15H2,1H3. The van der Waals surface area contributed by atoms with Gasteiger partial charge in [-0.3, -0.25) is 4.68 Å². The molecule has 0 spiro atoms. The topological polar surface area (TPSA) is 48.8 Å². The van der Waals surface area contributed by atoms with Crippen molar-refractivity contribution >= 4 is 16.6 Å². The molecule has 2 heterocycles. The summed E-state index contributed by atoms with van der Waals surface area (Å²) < 4.78 is 4.11. The molecule has 2 N–H and O–H groups in total. The molecule has 18 heavy (non-hydrogen) atoms. The maximum absolute atomic E-state index is 5.64. The van der Waals surface area contributed by atoms with E-state index in [4.69, 9.17) is 5.73 Å². The van der Waals surface area contributed by atoms with Gasteiger partial charge in [0.1, 0.15) is 0 Å². The molecule has 0 fully saturated rings. The molecule has 0 atom stereocenters. The summed E-state index contributed by atoms with van der Waals surface area (Å²) in [4.78, 5) is 0. The fraction of sp³-hybridized carbons (Fsp3) is 0.214. The largest absolute Gasteiger partial charge is 0.396 e. The number of nitrogens with two attached hydrogens (primary N) is 1. The summed E-state index contributed by atoms with van der Waals surface area (Å²) >= 11 is 0. The molecule has 2 aromatic heterocycles. The highest BCUT2D eigenvalue weighted by molar-refractivity contribution is 5.80. The minimum absolute atomic E-state index is 0.711. The zero-order valence-electron chi connectivity index (χ0n) is 10.4. The molecule has 0 bridgehead atoms. The molecule has 0 saturated heterocycles. The summed E-state index contributed by atoms with van der Waals surface area (Å²) in [6, 6.07) is 8.67. The molecule has 0 saturated carbocycles. The minimum Gasteiger partial charge on any atom is -0.396 e. The van der Waals surface area contributed by atoms with Gasteiger partial charge in [-0.2, -0.15) is 5.10 Å². The lowest BCUT2D eigenvalue weighted by Gasteiger charge is -2.06. The Kier molecular flexibility index (Phi) is 2.55. The van der Waals surface area contributed by atoms with E-state index in [1.807, 2.05) is 10.9 Å². The zero-order chi connectivity index (χ0) is 12.5. The maximum atomic E-state index is 5.64. The van der Waals surface area contributed by atoms with Gasteiger partial charge in [0.05, 0.1) is 18.4 Å². The average Bonchev–Trinajstić information content (AvgIpc) is 2.92. The van der Waals surface area contributed by atoms with Gasteiger partial charge in [0.2, 0.25) is 0 Å². The maximum Gasteiger partial charge on any atom is 0.0719 e. The molecule has 3 aromatic rings. The van der Waals surface area contributed by atoms with Gasteiger partial charge >= 0.3 is 0 Å². The zero-order valence-corrected chi connectivity index (χ0v) is 10.4. The van der Waals surface area contributed by atoms with Crippen molar-refractivity contribution in [2.75, 3.05) is 5.73 Å². The molecule has 4 heteroatoms. The van der Waals surface area contributed by atoms with Crippen LogP contribution in [0.1, 0.15) is 5.56 Å². The number of aromatic nitrogens is 3. The molecule has 0 amide bonds. The Bertz CT molecular complexity index is 678. The fourth-order valence-electron chi connectivity index (χ4n) is 2.23. The van der Waals surface area contributed by atoms with Crippen LogP contribution in [0.25, 0.3) is 10.9 Å². The molecule has 0 aliphatic rings. The number of aryl methyl sites for hydroxylation is 3. The van der Waals surface area contributed by atoms with Crippen LogP contribution in [0.5, 0.6) is 0 Å². The molecule has 0 aliphatic carbocycles. The minimum atomic E-state index is 0.711. The summed E-state index contributed by atoms with van der Waals surface area (Å²) in [6.07, 6.45) is 5.66. The number of rotatable bonds is 3. The van der Waals surface area contributed by atoms with E-state index in [2.05, 4.69) is 47.1 Å². The highest BCUT2D eigenvalue weighted by Gasteiger charge is 2.01. The van der Waals surface area contributed by atoms with Crippen LogP contribution < -0.4 is 5.73 Å². The fourth-order valence-corrected chi connectivity index (χ4v) is 2.23. The number of fused-ring (bicyclic) bond motifs is 1. The summed E-state index contributed by atoms with van der Waals surface area (Å²) in [5.74, 6) is 0. The van der Waals surface area contributed by atoms with Gasteiger partial charge in [-0.1, -0.05) is 11.6 Å². The third-order valence-electron chi connectivity index (χ3n) is 3.15. The molecule has 3 rings (SSSR count). The first-order chi connectivity index (χ1) is 8.72. The number of hydrogen-bond donors (Lipinski definition) is 1. The van der Waals surface area contributed by atoms with E-state index >= 15 is 0 Å². The SMILES string of the molecule is Cc1ccc2c(ccn2CCn2cc(N)cn2)c1. The third-order valence-corrected chi connectivity index (χ3v) is 3.15. The third kappa shape index (κ3) is 1.97. The van der Waals surface area contributed by atoms with Crippen LogP contribution in [0.4, 0.5) is 5.69 Å². The van der Waals surface area contributed by atoms with E-state index in [0.717, 1.165) is 13.1 Å². The Hall–Kier alpha value is -2.23. The van der Waals surface area contributed by atoms with Crippen LogP contribution in [0.15, 0.2) is 42.9 Å². The van der Waals surface area contributed by atoms with Crippen molar-refractivity contribution in [3.63, 3.8) is 0 Å². The summed E-state index contributed by atoms with van der Waals surface area (Å²) in [6.45, 7) is 3.84. The number of benzene rings is 1. The lowest BCUT2D eigenvalue weighted by atomic mass is 10.2. The molecule has 1 aromatic carbocycles. The van der Waals surface area contributed by atoms with Gasteiger partial charge in [0.15, 0.2) is 0 Å². The molecular formula is C14H16N4. The predicted octanol–water partition coefficient (Wildman–Crippen LogP) is 2.43. The van der Waals surface area contributed by atoms with Crippen LogP contribution in [0, 0.1) is 6.92 Å². The second-order valence-electron chi connectivity index (χ2n) is 4.61. The van der Waals surface area contributed by atoms with Gasteiger partial charge < -0.3 is 10.3 Å². The van der Waals surface area contributed by atoms with Gasteiger partial charge in [0.25, 0.3) is 0 Å². The van der Waals surface area contributed by atoms with E-state index in [0.29, 0.717) is 5.69 Å². The van der Waals surface area contributed by atoms with Gasteiger partial charge in [0, 0.05) is 24.5 Å². The van der Waals surface area contributed by atoms with E-state index in [9.17, 15) is 0 Å². The second kappa shape index (κ2) is 4.22. The summed E-state index contributed by atoms with van der Waals surface area (Å²) in [5.41, 5.74) is 8.91. The Morgan fingerprint density at radius 2 is 2.11 bits per heavy atom. The van der Waals surface area contributed by atoms with Crippen LogP contribution in [-0.4, -0.2) is 14.3 Å². The highest BCUT2D eigenvalue weighted by Crippen LogP contribution is 2.17. The predicted molar refractivity (Wildman–Crippen MR) is 73.3 cm³/mol. The van der Waals surface area contributed by atoms with Crippen LogP contribution in [-0.2, 0) is 13.1 Å². The Morgan fingerprint density at radius 1 is 1.22 bits per heavy atom. The molecular weight excluding hydrogens is 224 g/mol. The normalized spacial score (nSPS) is 11.2. The quantitative estimate of drug-likeness (QED) is 0.764. The van der Waals surface area contributed by atoms with Crippen molar-refractivity contribution in [1.29, 1.82) is 0 Å². The number of nitrogens with zero attached hydrogens (tertiary/aromatic N) is 3. The van der Waals surface area contributed by atoms with Crippen molar-refractivity contribution < 1.29 is 0 Å². The van der Waals surface area contributed by atoms with Crippen molar-refractivity contribution in [3.8, 4) is 0 Å². The lowest BCUT2D eigenvalue weighted by molar-refractivity contribution is 0.543. The first-order valence-corrected chi connectivity index (χ1v) is 6.06. The van der Waals surface area contributed by atoms with Crippen LogP contribution in [0.3, 0.4) is 0 Å². The molecule has 0 unspecified atom stereocenters. The van der Waals surface area contributed by atoms with Crippen LogP contribution in [0.2, 0.25) is 0 Å². The van der Waals surface area contributed by atoms with Crippen molar-refractivity contribution in [2.24, 2.45) is 0 Å². The van der Waals surface area contributed by atoms with Crippen molar-refractivity contribution in [2.45, 2.75) is 20.0 Å². The van der Waals surface area contributed by atoms with E-state index in [-0.39, 0.29) is 0 Å². The van der Waals surface area contributed by atoms with Crippen LogP contribution >= 0.6 is 0 Å². The molecule has 0 aliphatic heterocycles. The second-order valence-corrected chi connectivity index (χ2v) is 4.61. The summed E-state index contributed by atoms with van der Waals surface area (Å²) in [7, 11) is 0. The first-order valence-electron chi connectivity index (χ1n) is 6.06. The Morgan fingerprint density at radius 3 is 2.89 bits per heavy atom. The van der Waals surface area contributed by atoms with Gasteiger partial charge in [-0.25, -0.2) is 0 Å². The Labute approximate surface area is 106 Å². The monoisotopic (exact) mass is 240 g/mol. The highest BCUT2D eigenvalue weighted by atomic mass is 15.3. The Balaban J connectivity index is 1.82. The van der Waals surface area contributed by atoms with Gasteiger partial charge in [-0.05, 0) is 30.5 Å². The van der Waals surface area contributed by atoms with E-state index < -0.39 is 0 Å². The van der Waals surface area contributed by atoms with Gasteiger partial charge in [-0.15, -0.1) is 0 Å². The molecule has 92 valence electrons.